The lowest BCUT2D eigenvalue weighted by molar-refractivity contribution is -0.274. The molecular formula is C27H29F4N3O6S. The summed E-state index contributed by atoms with van der Waals surface area (Å²) < 4.78 is 96.1. The Bertz CT molecular complexity index is 1450. The molecule has 1 aromatic heterocycles. The van der Waals surface area contributed by atoms with Crippen LogP contribution in [-0.4, -0.2) is 67.7 Å². The Labute approximate surface area is 234 Å². The van der Waals surface area contributed by atoms with E-state index in [2.05, 4.69) is 19.6 Å². The zero-order chi connectivity index (χ0) is 29.8. The molecule has 0 saturated carbocycles. The highest BCUT2D eigenvalue weighted by Crippen LogP contribution is 2.31. The largest absolute Gasteiger partial charge is 0.573 e. The number of benzene rings is 2. The van der Waals surface area contributed by atoms with Crippen LogP contribution in [0.4, 0.5) is 17.6 Å². The lowest BCUT2D eigenvalue weighted by Crippen LogP contribution is -2.42. The van der Waals surface area contributed by atoms with Crippen molar-refractivity contribution in [3.8, 4) is 29.0 Å². The molecule has 3 aromatic rings. The van der Waals surface area contributed by atoms with Crippen LogP contribution in [-0.2, 0) is 9.84 Å². The monoisotopic (exact) mass is 599 g/mol. The summed E-state index contributed by atoms with van der Waals surface area (Å²) in [6.45, 7) is 5.63. The fourth-order valence-electron chi connectivity index (χ4n) is 4.26. The van der Waals surface area contributed by atoms with Gasteiger partial charge in [-0.25, -0.2) is 22.8 Å². The number of aromatic nitrogens is 2. The summed E-state index contributed by atoms with van der Waals surface area (Å²) >= 11 is 0. The van der Waals surface area contributed by atoms with Gasteiger partial charge in [0.15, 0.2) is 21.4 Å². The number of halogens is 4. The fourth-order valence-corrected chi connectivity index (χ4v) is 4.89. The first-order chi connectivity index (χ1) is 19.3. The number of piperidine rings is 1. The first kappa shape index (κ1) is 30.3. The number of rotatable bonds is 10. The van der Waals surface area contributed by atoms with Crippen molar-refractivity contribution in [2.45, 2.75) is 50.2 Å². The lowest BCUT2D eigenvalue weighted by Gasteiger charge is -2.33. The van der Waals surface area contributed by atoms with Crippen molar-refractivity contribution in [3.63, 3.8) is 0 Å². The summed E-state index contributed by atoms with van der Waals surface area (Å²) in [6, 6.07) is 8.64. The summed E-state index contributed by atoms with van der Waals surface area (Å²) in [6.07, 6.45) is -1.44. The van der Waals surface area contributed by atoms with Gasteiger partial charge in [-0.2, -0.15) is 0 Å². The number of ether oxygens (including phenoxy) is 4. The van der Waals surface area contributed by atoms with Crippen molar-refractivity contribution < 1.29 is 44.9 Å². The van der Waals surface area contributed by atoms with Crippen LogP contribution in [0.3, 0.4) is 0 Å². The van der Waals surface area contributed by atoms with Gasteiger partial charge in [-0.15, -0.1) is 13.2 Å². The molecule has 1 unspecified atom stereocenters. The Morgan fingerprint density at radius 2 is 1.66 bits per heavy atom. The van der Waals surface area contributed by atoms with Crippen LogP contribution in [0.15, 0.2) is 53.7 Å². The molecule has 0 spiro atoms. The zero-order valence-electron chi connectivity index (χ0n) is 22.5. The molecule has 0 bridgehead atoms. The number of sulfone groups is 1. The SMILES string of the molecule is Cc1c(Oc2ccc(S(C)(=O)=O)cc2F)ncnc1OC1CCN(CC(C)Oc2ccc(OC(F)(F)F)cc2)CC1. The average molecular weight is 600 g/mol. The third-order valence-corrected chi connectivity index (χ3v) is 7.36. The second-order valence-electron chi connectivity index (χ2n) is 9.64. The van der Waals surface area contributed by atoms with Crippen molar-refractivity contribution in [3.05, 3.63) is 60.2 Å². The number of alkyl halides is 3. The number of likely N-dealkylation sites (tertiary alicyclic amines) is 1. The van der Waals surface area contributed by atoms with Gasteiger partial charge in [0.1, 0.15) is 30.0 Å². The van der Waals surface area contributed by atoms with Crippen LogP contribution in [0.1, 0.15) is 25.3 Å². The van der Waals surface area contributed by atoms with Crippen LogP contribution >= 0.6 is 0 Å². The molecule has 0 aliphatic carbocycles. The topological polar surface area (TPSA) is 100 Å². The van der Waals surface area contributed by atoms with Gasteiger partial charge in [0.05, 0.1) is 10.5 Å². The van der Waals surface area contributed by atoms with E-state index < -0.39 is 22.0 Å². The van der Waals surface area contributed by atoms with Crippen LogP contribution in [0.2, 0.25) is 0 Å². The van der Waals surface area contributed by atoms with E-state index in [1.54, 1.807) is 6.92 Å². The Balaban J connectivity index is 1.27. The average Bonchev–Trinajstić information content (AvgIpc) is 2.88. The smallest absolute Gasteiger partial charge is 0.489 e. The molecule has 1 aliphatic heterocycles. The van der Waals surface area contributed by atoms with E-state index >= 15 is 0 Å². The molecule has 0 amide bonds. The van der Waals surface area contributed by atoms with Crippen molar-refractivity contribution in [2.75, 3.05) is 25.9 Å². The van der Waals surface area contributed by atoms with E-state index in [9.17, 15) is 26.0 Å². The number of hydrogen-bond donors (Lipinski definition) is 0. The van der Waals surface area contributed by atoms with Gasteiger partial charge >= 0.3 is 6.36 Å². The molecular weight excluding hydrogens is 570 g/mol. The second kappa shape index (κ2) is 12.5. The van der Waals surface area contributed by atoms with Crippen LogP contribution < -0.4 is 18.9 Å². The first-order valence-corrected chi connectivity index (χ1v) is 14.6. The molecule has 14 heteroatoms. The highest BCUT2D eigenvalue weighted by molar-refractivity contribution is 7.90. The van der Waals surface area contributed by atoms with E-state index in [1.165, 1.54) is 42.7 Å². The molecule has 1 saturated heterocycles. The van der Waals surface area contributed by atoms with Gasteiger partial charge in [-0.05, 0) is 69.2 Å². The number of nitrogens with zero attached hydrogens (tertiary/aromatic N) is 3. The maximum Gasteiger partial charge on any atom is 0.573 e. The maximum atomic E-state index is 14.5. The molecule has 1 aliphatic rings. The molecule has 1 atom stereocenters. The van der Waals surface area contributed by atoms with E-state index in [-0.39, 0.29) is 34.5 Å². The molecule has 4 rings (SSSR count). The summed E-state index contributed by atoms with van der Waals surface area (Å²) in [5.74, 6) is -0.508. The van der Waals surface area contributed by atoms with Crippen LogP contribution in [0.25, 0.3) is 0 Å². The second-order valence-corrected chi connectivity index (χ2v) is 11.7. The minimum atomic E-state index is -4.75. The normalized spacial score (nSPS) is 15.8. The summed E-state index contributed by atoms with van der Waals surface area (Å²) in [5, 5.41) is 0. The Hall–Kier alpha value is -3.65. The first-order valence-electron chi connectivity index (χ1n) is 12.7. The third-order valence-electron chi connectivity index (χ3n) is 6.25. The predicted molar refractivity (Wildman–Crippen MR) is 140 cm³/mol. The fraction of sp³-hybridized carbons (Fsp3) is 0.407. The van der Waals surface area contributed by atoms with E-state index in [1.807, 2.05) is 6.92 Å². The molecule has 0 radical (unpaired) electrons. The van der Waals surface area contributed by atoms with Crippen LogP contribution in [0.5, 0.6) is 29.0 Å². The quantitative estimate of drug-likeness (QED) is 0.286. The zero-order valence-corrected chi connectivity index (χ0v) is 23.3. The summed E-state index contributed by atoms with van der Waals surface area (Å²) in [5.41, 5.74) is 0.468. The Morgan fingerprint density at radius 1 is 1.02 bits per heavy atom. The van der Waals surface area contributed by atoms with Gasteiger partial charge < -0.3 is 18.9 Å². The highest BCUT2D eigenvalue weighted by atomic mass is 32.2. The minimum Gasteiger partial charge on any atom is -0.489 e. The van der Waals surface area contributed by atoms with Crippen molar-refractivity contribution in [1.29, 1.82) is 0 Å². The standard InChI is InChI=1S/C27H29F4N3O6S/c1-17(37-19-4-6-21(7-5-19)40-27(29,30)31)15-34-12-10-20(11-13-34)38-25-18(2)26(33-16-32-25)39-24-9-8-22(14-23(24)28)41(3,35)36/h4-9,14,16-17,20H,10-13,15H2,1-3H3. The molecule has 41 heavy (non-hydrogen) atoms. The molecule has 2 aromatic carbocycles. The third kappa shape index (κ3) is 8.67. The molecule has 9 nitrogen and oxygen atoms in total. The summed E-state index contributed by atoms with van der Waals surface area (Å²) in [7, 11) is -3.57. The lowest BCUT2D eigenvalue weighted by atomic mass is 10.1. The van der Waals surface area contributed by atoms with E-state index in [0.717, 1.165) is 25.4 Å². The molecule has 222 valence electrons. The van der Waals surface area contributed by atoms with E-state index in [0.29, 0.717) is 36.6 Å². The number of hydrogen-bond acceptors (Lipinski definition) is 9. The highest BCUT2D eigenvalue weighted by Gasteiger charge is 2.31. The molecule has 0 N–H and O–H groups in total. The summed E-state index contributed by atoms with van der Waals surface area (Å²) in [4.78, 5) is 10.3. The Morgan fingerprint density at radius 3 is 2.27 bits per heavy atom. The van der Waals surface area contributed by atoms with Crippen LogP contribution in [0, 0.1) is 12.7 Å². The van der Waals surface area contributed by atoms with Gasteiger partial charge in [0, 0.05) is 25.9 Å². The van der Waals surface area contributed by atoms with Gasteiger partial charge in [-0.1, -0.05) is 0 Å². The van der Waals surface area contributed by atoms with Gasteiger partial charge in [-0.3, -0.25) is 4.90 Å². The predicted octanol–water partition coefficient (Wildman–Crippen LogP) is 5.33. The van der Waals surface area contributed by atoms with Crippen molar-refractivity contribution in [2.24, 2.45) is 0 Å². The minimum absolute atomic E-state index is 0.0856. The maximum absolute atomic E-state index is 14.5. The molecule has 1 fully saturated rings. The van der Waals surface area contributed by atoms with Gasteiger partial charge in [0.25, 0.3) is 0 Å². The van der Waals surface area contributed by atoms with E-state index in [4.69, 9.17) is 14.2 Å². The van der Waals surface area contributed by atoms with Crippen molar-refractivity contribution in [1.82, 2.24) is 14.9 Å². The van der Waals surface area contributed by atoms with Gasteiger partial charge in [0.2, 0.25) is 11.8 Å². The van der Waals surface area contributed by atoms with Crippen molar-refractivity contribution >= 4 is 9.84 Å². The molecule has 2 heterocycles. The Kier molecular flexibility index (Phi) is 9.22.